The Labute approximate surface area is 164 Å². The molecule has 4 heteroatoms. The predicted molar refractivity (Wildman–Crippen MR) is 116 cm³/mol. The number of fused-ring (bicyclic) bond motifs is 3. The van der Waals surface area contributed by atoms with Crippen LogP contribution in [0, 0.1) is 0 Å². The summed E-state index contributed by atoms with van der Waals surface area (Å²) >= 11 is 0. The molecule has 28 heavy (non-hydrogen) atoms. The average molecular weight is 369 g/mol. The number of aromatic nitrogens is 1. The van der Waals surface area contributed by atoms with Crippen molar-refractivity contribution in [3.63, 3.8) is 0 Å². The van der Waals surface area contributed by atoms with Crippen molar-refractivity contribution in [2.24, 2.45) is 5.10 Å². The zero-order valence-corrected chi connectivity index (χ0v) is 15.9. The third-order valence-corrected chi connectivity index (χ3v) is 5.00. The molecule has 1 N–H and O–H groups in total. The van der Waals surface area contributed by atoms with Crippen LogP contribution in [-0.4, -0.2) is 16.7 Å². The van der Waals surface area contributed by atoms with Crippen LogP contribution in [0.4, 0.5) is 0 Å². The minimum atomic E-state index is -0.0798. The van der Waals surface area contributed by atoms with Crippen LogP contribution in [0.3, 0.4) is 0 Å². The van der Waals surface area contributed by atoms with E-state index in [1.54, 1.807) is 6.21 Å². The first-order valence-corrected chi connectivity index (χ1v) is 9.63. The van der Waals surface area contributed by atoms with Gasteiger partial charge in [-0.15, -0.1) is 0 Å². The van der Waals surface area contributed by atoms with E-state index < -0.39 is 0 Å². The number of rotatable bonds is 6. The van der Waals surface area contributed by atoms with E-state index in [1.807, 2.05) is 36.4 Å². The summed E-state index contributed by atoms with van der Waals surface area (Å²) in [5.74, 6) is -0.0798. The SMILES string of the molecule is CCn1c2ccccc2c2cc(/C=N/NC(=O)CCc3ccccc3)ccc21. The minimum absolute atomic E-state index is 0.0798. The molecule has 0 atom stereocenters. The molecule has 0 unspecified atom stereocenters. The van der Waals surface area contributed by atoms with Crippen molar-refractivity contribution in [2.75, 3.05) is 0 Å². The molecule has 1 amide bonds. The number of hydrazone groups is 1. The Morgan fingerprint density at radius 3 is 2.54 bits per heavy atom. The molecule has 1 aromatic heterocycles. The van der Waals surface area contributed by atoms with Crippen LogP contribution in [0.15, 0.2) is 77.9 Å². The lowest BCUT2D eigenvalue weighted by Gasteiger charge is -2.03. The molecule has 4 rings (SSSR count). The summed E-state index contributed by atoms with van der Waals surface area (Å²) in [5, 5.41) is 6.58. The Balaban J connectivity index is 1.47. The predicted octanol–water partition coefficient (Wildman–Crippen LogP) is 4.90. The second-order valence-corrected chi connectivity index (χ2v) is 6.82. The normalized spacial score (nSPS) is 11.5. The molecule has 0 saturated heterocycles. The topological polar surface area (TPSA) is 46.4 Å². The second-order valence-electron chi connectivity index (χ2n) is 6.82. The fraction of sp³-hybridized carbons (Fsp3) is 0.167. The van der Waals surface area contributed by atoms with Gasteiger partial charge >= 0.3 is 0 Å². The first-order valence-electron chi connectivity index (χ1n) is 9.63. The molecule has 0 bridgehead atoms. The van der Waals surface area contributed by atoms with Gasteiger partial charge in [0, 0.05) is 34.8 Å². The molecular weight excluding hydrogens is 346 g/mol. The molecule has 0 aliphatic rings. The molecule has 1 heterocycles. The summed E-state index contributed by atoms with van der Waals surface area (Å²) in [6.07, 6.45) is 2.84. The summed E-state index contributed by atoms with van der Waals surface area (Å²) in [6.45, 7) is 3.08. The number of nitrogens with one attached hydrogen (secondary N) is 1. The molecular formula is C24H23N3O. The lowest BCUT2D eigenvalue weighted by molar-refractivity contribution is -0.121. The van der Waals surface area contributed by atoms with E-state index in [1.165, 1.54) is 21.8 Å². The van der Waals surface area contributed by atoms with Gasteiger partial charge in [0.1, 0.15) is 0 Å². The molecule has 0 radical (unpaired) electrons. The highest BCUT2D eigenvalue weighted by Gasteiger charge is 2.09. The zero-order chi connectivity index (χ0) is 19.3. The Hall–Kier alpha value is -3.40. The molecule has 0 fully saturated rings. The van der Waals surface area contributed by atoms with E-state index in [9.17, 15) is 4.79 Å². The summed E-state index contributed by atoms with van der Waals surface area (Å²) < 4.78 is 2.32. The van der Waals surface area contributed by atoms with Gasteiger partial charge in [0.15, 0.2) is 0 Å². The Kier molecular flexibility index (Phi) is 5.20. The lowest BCUT2D eigenvalue weighted by Crippen LogP contribution is -2.17. The molecule has 3 aromatic carbocycles. The number of aryl methyl sites for hydroxylation is 2. The maximum absolute atomic E-state index is 12.0. The number of amides is 1. The fourth-order valence-electron chi connectivity index (χ4n) is 3.63. The number of carbonyl (C=O) groups excluding carboxylic acids is 1. The van der Waals surface area contributed by atoms with E-state index >= 15 is 0 Å². The van der Waals surface area contributed by atoms with E-state index in [4.69, 9.17) is 0 Å². The van der Waals surface area contributed by atoms with Gasteiger partial charge in [-0.25, -0.2) is 5.43 Å². The average Bonchev–Trinajstić information content (AvgIpc) is 3.06. The highest BCUT2D eigenvalue weighted by Crippen LogP contribution is 2.29. The summed E-state index contributed by atoms with van der Waals surface area (Å²) in [6, 6.07) is 24.7. The van der Waals surface area contributed by atoms with Crippen LogP contribution in [-0.2, 0) is 17.8 Å². The van der Waals surface area contributed by atoms with Crippen molar-refractivity contribution in [3.05, 3.63) is 83.9 Å². The van der Waals surface area contributed by atoms with Gasteiger partial charge in [-0.2, -0.15) is 5.10 Å². The first-order chi connectivity index (χ1) is 13.8. The maximum Gasteiger partial charge on any atom is 0.240 e. The van der Waals surface area contributed by atoms with E-state index in [2.05, 4.69) is 58.4 Å². The van der Waals surface area contributed by atoms with Crippen molar-refractivity contribution in [1.29, 1.82) is 0 Å². The molecule has 4 nitrogen and oxygen atoms in total. The largest absolute Gasteiger partial charge is 0.341 e. The Morgan fingerprint density at radius 1 is 0.964 bits per heavy atom. The fourth-order valence-corrected chi connectivity index (χ4v) is 3.63. The smallest absolute Gasteiger partial charge is 0.240 e. The van der Waals surface area contributed by atoms with Gasteiger partial charge in [-0.1, -0.05) is 54.6 Å². The summed E-state index contributed by atoms with van der Waals surface area (Å²) in [4.78, 5) is 12.0. The van der Waals surface area contributed by atoms with E-state index in [-0.39, 0.29) is 5.91 Å². The van der Waals surface area contributed by atoms with Crippen molar-refractivity contribution < 1.29 is 4.79 Å². The molecule has 140 valence electrons. The quantitative estimate of drug-likeness (QED) is 0.381. The van der Waals surface area contributed by atoms with Crippen molar-refractivity contribution in [3.8, 4) is 0 Å². The van der Waals surface area contributed by atoms with Crippen LogP contribution in [0.5, 0.6) is 0 Å². The summed E-state index contributed by atoms with van der Waals surface area (Å²) in [7, 11) is 0. The van der Waals surface area contributed by atoms with Crippen LogP contribution < -0.4 is 5.43 Å². The summed E-state index contributed by atoms with van der Waals surface area (Å²) in [5.41, 5.74) is 7.20. The Morgan fingerprint density at radius 2 is 1.71 bits per heavy atom. The van der Waals surface area contributed by atoms with E-state index in [0.29, 0.717) is 12.8 Å². The maximum atomic E-state index is 12.0. The van der Waals surface area contributed by atoms with Crippen molar-refractivity contribution in [1.82, 2.24) is 9.99 Å². The highest BCUT2D eigenvalue weighted by molar-refractivity contribution is 6.09. The molecule has 0 aliphatic heterocycles. The van der Waals surface area contributed by atoms with Gasteiger partial charge in [0.25, 0.3) is 0 Å². The van der Waals surface area contributed by atoms with Crippen molar-refractivity contribution >= 4 is 33.9 Å². The molecule has 0 saturated carbocycles. The van der Waals surface area contributed by atoms with Crippen molar-refractivity contribution in [2.45, 2.75) is 26.3 Å². The number of benzene rings is 3. The lowest BCUT2D eigenvalue weighted by atomic mass is 10.1. The van der Waals surface area contributed by atoms with Gasteiger partial charge in [-0.3, -0.25) is 4.79 Å². The number of hydrogen-bond donors (Lipinski definition) is 1. The number of nitrogens with zero attached hydrogens (tertiary/aromatic N) is 2. The zero-order valence-electron chi connectivity index (χ0n) is 15.9. The minimum Gasteiger partial charge on any atom is -0.341 e. The second kappa shape index (κ2) is 8.09. The standard InChI is InChI=1S/C24H23N3O/c1-2-27-22-11-7-6-10-20(22)21-16-19(12-14-23(21)27)17-25-26-24(28)15-13-18-8-4-3-5-9-18/h3-12,14,16-17H,2,13,15H2,1H3,(H,26,28)/b25-17+. The molecule has 0 spiro atoms. The number of carbonyl (C=O) groups is 1. The first kappa shape index (κ1) is 18.0. The van der Waals surface area contributed by atoms with Gasteiger partial charge in [0.2, 0.25) is 5.91 Å². The Bertz CT molecular complexity index is 1140. The number of hydrogen-bond acceptors (Lipinski definition) is 2. The van der Waals surface area contributed by atoms with Gasteiger partial charge in [0.05, 0.1) is 6.21 Å². The third kappa shape index (κ3) is 3.67. The number of para-hydroxylation sites is 1. The third-order valence-electron chi connectivity index (χ3n) is 5.00. The van der Waals surface area contributed by atoms with Crippen LogP contribution >= 0.6 is 0 Å². The van der Waals surface area contributed by atoms with E-state index in [0.717, 1.165) is 17.7 Å². The van der Waals surface area contributed by atoms with Crippen LogP contribution in [0.1, 0.15) is 24.5 Å². The monoisotopic (exact) mass is 369 g/mol. The van der Waals surface area contributed by atoms with Gasteiger partial charge < -0.3 is 4.57 Å². The molecule has 0 aliphatic carbocycles. The van der Waals surface area contributed by atoms with Crippen LogP contribution in [0.25, 0.3) is 21.8 Å². The van der Waals surface area contributed by atoms with Crippen LogP contribution in [0.2, 0.25) is 0 Å². The highest BCUT2D eigenvalue weighted by atomic mass is 16.2. The molecule has 4 aromatic rings. The van der Waals surface area contributed by atoms with Gasteiger partial charge in [-0.05, 0) is 42.7 Å².